The van der Waals surface area contributed by atoms with Crippen LogP contribution in [0, 0.1) is 0 Å². The Hall–Kier alpha value is -2.01. The molecule has 1 unspecified atom stereocenters. The molecular weight excluding hydrogens is 302 g/mol. The minimum Gasteiger partial charge on any atom is -0.493 e. The van der Waals surface area contributed by atoms with E-state index in [0.717, 1.165) is 42.5 Å². The maximum Gasteiger partial charge on any atom is 0.216 e. The third kappa shape index (κ3) is 3.13. The first-order valence-corrected chi connectivity index (χ1v) is 8.60. The quantitative estimate of drug-likeness (QED) is 0.883. The topological polar surface area (TPSA) is 48.3 Å². The smallest absolute Gasteiger partial charge is 0.216 e. The fraction of sp³-hybridized carbons (Fsp3) is 0.526. The second-order valence-corrected chi connectivity index (χ2v) is 6.72. The minimum atomic E-state index is 0.251. The highest BCUT2D eigenvalue weighted by Crippen LogP contribution is 2.30. The second kappa shape index (κ2) is 6.85. The van der Waals surface area contributed by atoms with E-state index in [1.807, 2.05) is 11.7 Å². The highest BCUT2D eigenvalue weighted by atomic mass is 16.5. The van der Waals surface area contributed by atoms with Gasteiger partial charge in [0.25, 0.3) is 0 Å². The first kappa shape index (κ1) is 16.8. The summed E-state index contributed by atoms with van der Waals surface area (Å²) in [6, 6.07) is 6.73. The van der Waals surface area contributed by atoms with E-state index in [0.29, 0.717) is 5.92 Å². The molecule has 1 aromatic heterocycles. The molecule has 0 fully saturated rings. The maximum atomic E-state index is 5.59. The fourth-order valence-corrected chi connectivity index (χ4v) is 3.31. The van der Waals surface area contributed by atoms with E-state index in [9.17, 15) is 0 Å². The van der Waals surface area contributed by atoms with Crippen LogP contribution < -0.4 is 14.8 Å². The Balaban J connectivity index is 1.76. The van der Waals surface area contributed by atoms with Gasteiger partial charge >= 0.3 is 0 Å². The lowest BCUT2D eigenvalue weighted by Crippen LogP contribution is -2.19. The fourth-order valence-electron chi connectivity index (χ4n) is 3.31. The SMILES string of the molecule is COc1c(CNC(C)c2ccc3c(c2)CCO3)c(C(C)C)nn1C. The zero-order chi connectivity index (χ0) is 17.3. The summed E-state index contributed by atoms with van der Waals surface area (Å²) >= 11 is 0. The first-order chi connectivity index (χ1) is 11.5. The molecule has 1 N–H and O–H groups in total. The van der Waals surface area contributed by atoms with Crippen LogP contribution in [0.1, 0.15) is 55.1 Å². The summed E-state index contributed by atoms with van der Waals surface area (Å²) in [5.41, 5.74) is 4.83. The molecule has 5 heteroatoms. The zero-order valence-electron chi connectivity index (χ0n) is 15.2. The summed E-state index contributed by atoms with van der Waals surface area (Å²) in [5, 5.41) is 8.23. The van der Waals surface area contributed by atoms with Crippen molar-refractivity contribution in [2.45, 2.75) is 45.7 Å². The number of rotatable bonds is 6. The summed E-state index contributed by atoms with van der Waals surface area (Å²) in [4.78, 5) is 0. The lowest BCUT2D eigenvalue weighted by atomic mass is 10.0. The average molecular weight is 329 g/mol. The van der Waals surface area contributed by atoms with Crippen molar-refractivity contribution in [2.75, 3.05) is 13.7 Å². The Morgan fingerprint density at radius 1 is 1.33 bits per heavy atom. The van der Waals surface area contributed by atoms with E-state index >= 15 is 0 Å². The van der Waals surface area contributed by atoms with Gasteiger partial charge in [-0.25, -0.2) is 4.68 Å². The predicted octanol–water partition coefficient (Wildman–Crippen LogP) is 3.34. The third-order valence-electron chi connectivity index (χ3n) is 4.66. The molecule has 0 amide bonds. The largest absolute Gasteiger partial charge is 0.493 e. The molecular formula is C19H27N3O2. The van der Waals surface area contributed by atoms with Crippen LogP contribution in [-0.2, 0) is 20.0 Å². The number of methoxy groups -OCH3 is 1. The molecule has 5 nitrogen and oxygen atoms in total. The van der Waals surface area contributed by atoms with Gasteiger partial charge in [-0.3, -0.25) is 0 Å². The molecule has 24 heavy (non-hydrogen) atoms. The molecule has 2 aromatic rings. The standard InChI is InChI=1S/C19H27N3O2/c1-12(2)18-16(19(23-5)22(4)21-18)11-20-13(3)14-6-7-17-15(10-14)8-9-24-17/h6-7,10,12-13,20H,8-9,11H2,1-5H3. The van der Waals surface area contributed by atoms with Crippen LogP contribution in [0.5, 0.6) is 11.6 Å². The monoisotopic (exact) mass is 329 g/mol. The molecule has 3 rings (SSSR count). The molecule has 0 saturated carbocycles. The lowest BCUT2D eigenvalue weighted by molar-refractivity contribution is 0.356. The van der Waals surface area contributed by atoms with Crippen LogP contribution >= 0.6 is 0 Å². The average Bonchev–Trinajstić information content (AvgIpc) is 3.15. The molecule has 1 aromatic carbocycles. The van der Waals surface area contributed by atoms with Gasteiger partial charge in [-0.15, -0.1) is 0 Å². The van der Waals surface area contributed by atoms with Crippen molar-refractivity contribution in [1.29, 1.82) is 0 Å². The van der Waals surface area contributed by atoms with E-state index in [-0.39, 0.29) is 6.04 Å². The number of hydrogen-bond acceptors (Lipinski definition) is 4. The minimum absolute atomic E-state index is 0.251. The summed E-state index contributed by atoms with van der Waals surface area (Å²) in [6.45, 7) is 8.05. The number of nitrogens with zero attached hydrogens (tertiary/aromatic N) is 2. The molecule has 0 aliphatic carbocycles. The van der Waals surface area contributed by atoms with E-state index in [4.69, 9.17) is 9.47 Å². The number of nitrogens with one attached hydrogen (secondary N) is 1. The van der Waals surface area contributed by atoms with Gasteiger partial charge in [0.1, 0.15) is 5.75 Å². The number of ether oxygens (including phenoxy) is 2. The summed E-state index contributed by atoms with van der Waals surface area (Å²) in [5.74, 6) is 2.23. The third-order valence-corrected chi connectivity index (χ3v) is 4.66. The van der Waals surface area contributed by atoms with Crippen molar-refractivity contribution in [3.8, 4) is 11.6 Å². The van der Waals surface area contributed by atoms with Crippen molar-refractivity contribution in [2.24, 2.45) is 7.05 Å². The number of benzene rings is 1. The Kier molecular flexibility index (Phi) is 4.81. The second-order valence-electron chi connectivity index (χ2n) is 6.72. The van der Waals surface area contributed by atoms with E-state index in [1.54, 1.807) is 7.11 Å². The Morgan fingerprint density at radius 3 is 2.83 bits per heavy atom. The summed E-state index contributed by atoms with van der Waals surface area (Å²) < 4.78 is 13.0. The van der Waals surface area contributed by atoms with Crippen LogP contribution in [0.25, 0.3) is 0 Å². The maximum absolute atomic E-state index is 5.59. The van der Waals surface area contributed by atoms with Gasteiger partial charge in [-0.05, 0) is 30.0 Å². The molecule has 0 spiro atoms. The van der Waals surface area contributed by atoms with Crippen molar-refractivity contribution >= 4 is 0 Å². The van der Waals surface area contributed by atoms with Crippen LogP contribution in [0.4, 0.5) is 0 Å². The molecule has 2 heterocycles. The van der Waals surface area contributed by atoms with E-state index in [2.05, 4.69) is 49.4 Å². The van der Waals surface area contributed by atoms with Gasteiger partial charge in [-0.2, -0.15) is 5.10 Å². The molecule has 1 aliphatic rings. The Labute approximate surface area is 144 Å². The zero-order valence-corrected chi connectivity index (χ0v) is 15.2. The van der Waals surface area contributed by atoms with Gasteiger partial charge in [0.2, 0.25) is 5.88 Å². The Morgan fingerprint density at radius 2 is 2.12 bits per heavy atom. The van der Waals surface area contributed by atoms with Crippen LogP contribution in [0.2, 0.25) is 0 Å². The highest BCUT2D eigenvalue weighted by molar-refractivity contribution is 5.41. The molecule has 0 bridgehead atoms. The highest BCUT2D eigenvalue weighted by Gasteiger charge is 2.20. The Bertz CT molecular complexity index is 722. The van der Waals surface area contributed by atoms with Gasteiger partial charge < -0.3 is 14.8 Å². The summed E-state index contributed by atoms with van der Waals surface area (Å²) in [6.07, 6.45) is 1.00. The first-order valence-electron chi connectivity index (χ1n) is 8.60. The van der Waals surface area contributed by atoms with Gasteiger partial charge in [0, 0.05) is 26.1 Å². The van der Waals surface area contributed by atoms with Gasteiger partial charge in [-0.1, -0.05) is 26.0 Å². The number of fused-ring (bicyclic) bond motifs is 1. The van der Waals surface area contributed by atoms with Gasteiger partial charge in [0.15, 0.2) is 0 Å². The van der Waals surface area contributed by atoms with E-state index < -0.39 is 0 Å². The lowest BCUT2D eigenvalue weighted by Gasteiger charge is -2.16. The summed E-state index contributed by atoms with van der Waals surface area (Å²) in [7, 11) is 3.63. The van der Waals surface area contributed by atoms with Crippen molar-refractivity contribution in [1.82, 2.24) is 15.1 Å². The molecule has 0 radical (unpaired) electrons. The molecule has 1 atom stereocenters. The normalized spacial score (nSPS) is 14.6. The number of hydrogen-bond donors (Lipinski definition) is 1. The van der Waals surface area contributed by atoms with Crippen LogP contribution in [0.15, 0.2) is 18.2 Å². The van der Waals surface area contributed by atoms with Crippen LogP contribution in [0.3, 0.4) is 0 Å². The number of aromatic nitrogens is 2. The molecule has 0 saturated heterocycles. The predicted molar refractivity (Wildman–Crippen MR) is 94.7 cm³/mol. The van der Waals surface area contributed by atoms with Crippen molar-refractivity contribution in [3.05, 3.63) is 40.6 Å². The molecule has 130 valence electrons. The van der Waals surface area contributed by atoms with Crippen LogP contribution in [-0.4, -0.2) is 23.5 Å². The van der Waals surface area contributed by atoms with Crippen molar-refractivity contribution < 1.29 is 9.47 Å². The number of aryl methyl sites for hydroxylation is 1. The van der Waals surface area contributed by atoms with E-state index in [1.165, 1.54) is 11.1 Å². The molecule has 1 aliphatic heterocycles. The van der Waals surface area contributed by atoms with Gasteiger partial charge in [0.05, 0.1) is 25.0 Å². The van der Waals surface area contributed by atoms with Crippen molar-refractivity contribution in [3.63, 3.8) is 0 Å².